The molecule has 0 unspecified atom stereocenters. The summed E-state index contributed by atoms with van der Waals surface area (Å²) in [6.45, 7) is 0. The molecule has 0 spiro atoms. The predicted molar refractivity (Wildman–Crippen MR) is 84.9 cm³/mol. The van der Waals surface area contributed by atoms with Gasteiger partial charge in [0.05, 0.1) is 11.1 Å². The predicted octanol–water partition coefficient (Wildman–Crippen LogP) is 3.30. The third-order valence-electron chi connectivity index (χ3n) is 3.60. The fourth-order valence-electron chi connectivity index (χ4n) is 2.59. The Morgan fingerprint density at radius 2 is 1.59 bits per heavy atom. The largest absolute Gasteiger partial charge is 0.478 e. The van der Waals surface area contributed by atoms with Crippen LogP contribution in [0, 0.1) is 0 Å². The molecule has 3 aromatic carbocycles. The van der Waals surface area contributed by atoms with E-state index in [1.165, 1.54) is 6.07 Å². The number of primary amides is 1. The van der Waals surface area contributed by atoms with E-state index in [9.17, 15) is 14.7 Å². The van der Waals surface area contributed by atoms with E-state index in [1.807, 2.05) is 42.5 Å². The van der Waals surface area contributed by atoms with Gasteiger partial charge in [-0.05, 0) is 34.0 Å². The molecule has 0 aliphatic rings. The molecule has 0 heterocycles. The minimum Gasteiger partial charge on any atom is -0.478 e. The van der Waals surface area contributed by atoms with E-state index in [-0.39, 0.29) is 11.1 Å². The molecule has 22 heavy (non-hydrogen) atoms. The molecule has 3 rings (SSSR count). The second-order valence-corrected chi connectivity index (χ2v) is 4.96. The monoisotopic (exact) mass is 291 g/mol. The van der Waals surface area contributed by atoms with E-state index in [0.29, 0.717) is 5.56 Å². The van der Waals surface area contributed by atoms with Crippen molar-refractivity contribution in [2.45, 2.75) is 0 Å². The Bertz CT molecular complexity index is 900. The van der Waals surface area contributed by atoms with E-state index in [2.05, 4.69) is 0 Å². The first-order valence-electron chi connectivity index (χ1n) is 6.73. The molecule has 0 bridgehead atoms. The molecule has 0 aliphatic heterocycles. The Labute approximate surface area is 126 Å². The fourth-order valence-corrected chi connectivity index (χ4v) is 2.59. The number of fused-ring (bicyclic) bond motifs is 1. The summed E-state index contributed by atoms with van der Waals surface area (Å²) < 4.78 is 0. The first-order valence-corrected chi connectivity index (χ1v) is 6.73. The van der Waals surface area contributed by atoms with Gasteiger partial charge in [-0.3, -0.25) is 4.79 Å². The summed E-state index contributed by atoms with van der Waals surface area (Å²) >= 11 is 0. The van der Waals surface area contributed by atoms with Gasteiger partial charge in [-0.2, -0.15) is 0 Å². The Balaban J connectivity index is 2.28. The second kappa shape index (κ2) is 5.33. The number of hydrogen-bond acceptors (Lipinski definition) is 2. The number of benzene rings is 3. The second-order valence-electron chi connectivity index (χ2n) is 4.96. The van der Waals surface area contributed by atoms with Crippen LogP contribution in [0.2, 0.25) is 0 Å². The summed E-state index contributed by atoms with van der Waals surface area (Å²) in [5.41, 5.74) is 6.63. The summed E-state index contributed by atoms with van der Waals surface area (Å²) in [5.74, 6) is -1.92. The topological polar surface area (TPSA) is 80.4 Å². The Hall–Kier alpha value is -3.14. The number of nitrogens with two attached hydrogens (primary N) is 1. The van der Waals surface area contributed by atoms with Gasteiger partial charge in [0.15, 0.2) is 0 Å². The first-order chi connectivity index (χ1) is 10.6. The number of aromatic carboxylic acids is 1. The molecule has 0 radical (unpaired) electrons. The Morgan fingerprint density at radius 1 is 0.864 bits per heavy atom. The van der Waals surface area contributed by atoms with Crippen LogP contribution in [0.25, 0.3) is 21.9 Å². The molecule has 108 valence electrons. The third kappa shape index (κ3) is 2.31. The maximum absolute atomic E-state index is 11.7. The van der Waals surface area contributed by atoms with Crippen molar-refractivity contribution in [3.63, 3.8) is 0 Å². The van der Waals surface area contributed by atoms with Gasteiger partial charge in [-0.25, -0.2) is 4.79 Å². The maximum Gasteiger partial charge on any atom is 0.336 e. The highest BCUT2D eigenvalue weighted by Gasteiger charge is 2.19. The maximum atomic E-state index is 11.7. The molecular weight excluding hydrogens is 278 g/mol. The van der Waals surface area contributed by atoms with Crippen LogP contribution in [0.4, 0.5) is 0 Å². The van der Waals surface area contributed by atoms with Crippen LogP contribution < -0.4 is 5.73 Å². The van der Waals surface area contributed by atoms with Gasteiger partial charge in [0, 0.05) is 0 Å². The molecule has 0 aromatic heterocycles. The zero-order valence-corrected chi connectivity index (χ0v) is 11.6. The van der Waals surface area contributed by atoms with Crippen LogP contribution >= 0.6 is 0 Å². The van der Waals surface area contributed by atoms with Gasteiger partial charge in [0.25, 0.3) is 0 Å². The average Bonchev–Trinajstić information content (AvgIpc) is 2.53. The van der Waals surface area contributed by atoms with Crippen molar-refractivity contribution in [2.75, 3.05) is 0 Å². The molecule has 0 atom stereocenters. The number of carbonyl (C=O) groups is 2. The summed E-state index contributed by atoms with van der Waals surface area (Å²) in [4.78, 5) is 23.1. The van der Waals surface area contributed by atoms with Gasteiger partial charge in [0.2, 0.25) is 5.91 Å². The summed E-state index contributed by atoms with van der Waals surface area (Å²) in [6.07, 6.45) is 0. The van der Waals surface area contributed by atoms with E-state index in [4.69, 9.17) is 5.73 Å². The SMILES string of the molecule is NC(=O)c1c(C(=O)O)cccc1-c1ccc2ccccc2c1. The standard InChI is InChI=1S/C18H13NO3/c19-17(20)16-14(6-3-7-15(16)18(21)22)13-9-8-11-4-1-2-5-12(11)10-13/h1-10H,(H2,19,20)(H,21,22). The van der Waals surface area contributed by atoms with Crippen molar-refractivity contribution in [3.8, 4) is 11.1 Å². The zero-order valence-electron chi connectivity index (χ0n) is 11.6. The van der Waals surface area contributed by atoms with Crippen LogP contribution in [0.1, 0.15) is 20.7 Å². The number of rotatable bonds is 3. The van der Waals surface area contributed by atoms with Crippen LogP contribution in [-0.4, -0.2) is 17.0 Å². The summed E-state index contributed by atoms with van der Waals surface area (Å²) in [6, 6.07) is 18.2. The molecule has 3 aromatic rings. The van der Waals surface area contributed by atoms with Gasteiger partial charge < -0.3 is 10.8 Å². The normalized spacial score (nSPS) is 10.5. The average molecular weight is 291 g/mol. The number of carboxylic acid groups (broad SMARTS) is 1. The van der Waals surface area contributed by atoms with Crippen molar-refractivity contribution in [1.82, 2.24) is 0 Å². The Morgan fingerprint density at radius 3 is 2.27 bits per heavy atom. The van der Waals surface area contributed by atoms with Crippen LogP contribution in [0.5, 0.6) is 0 Å². The molecule has 0 saturated carbocycles. The molecule has 0 fully saturated rings. The highest BCUT2D eigenvalue weighted by Crippen LogP contribution is 2.29. The van der Waals surface area contributed by atoms with Gasteiger partial charge in [0.1, 0.15) is 0 Å². The first kappa shape index (κ1) is 13.8. The van der Waals surface area contributed by atoms with Crippen molar-refractivity contribution >= 4 is 22.6 Å². The summed E-state index contributed by atoms with van der Waals surface area (Å²) in [5, 5.41) is 11.3. The molecule has 1 amide bonds. The van der Waals surface area contributed by atoms with Crippen molar-refractivity contribution in [2.24, 2.45) is 5.73 Å². The van der Waals surface area contributed by atoms with Crippen molar-refractivity contribution in [3.05, 3.63) is 71.8 Å². The van der Waals surface area contributed by atoms with E-state index < -0.39 is 11.9 Å². The molecule has 0 aliphatic carbocycles. The lowest BCUT2D eigenvalue weighted by molar-refractivity contribution is 0.0692. The molecule has 0 saturated heterocycles. The highest BCUT2D eigenvalue weighted by molar-refractivity contribution is 6.09. The van der Waals surface area contributed by atoms with Gasteiger partial charge in [-0.15, -0.1) is 0 Å². The number of carboxylic acids is 1. The number of amides is 1. The van der Waals surface area contributed by atoms with E-state index in [1.54, 1.807) is 12.1 Å². The van der Waals surface area contributed by atoms with Crippen LogP contribution in [0.3, 0.4) is 0 Å². The zero-order chi connectivity index (χ0) is 15.7. The van der Waals surface area contributed by atoms with E-state index >= 15 is 0 Å². The summed E-state index contributed by atoms with van der Waals surface area (Å²) in [7, 11) is 0. The third-order valence-corrected chi connectivity index (χ3v) is 3.60. The minimum absolute atomic E-state index is 0.0327. The Kier molecular flexibility index (Phi) is 3.35. The smallest absolute Gasteiger partial charge is 0.336 e. The quantitative estimate of drug-likeness (QED) is 0.777. The highest BCUT2D eigenvalue weighted by atomic mass is 16.4. The van der Waals surface area contributed by atoms with Gasteiger partial charge >= 0.3 is 5.97 Å². The van der Waals surface area contributed by atoms with Crippen molar-refractivity contribution < 1.29 is 14.7 Å². The molecule has 4 heteroatoms. The lowest BCUT2D eigenvalue weighted by Crippen LogP contribution is -2.17. The van der Waals surface area contributed by atoms with Gasteiger partial charge in [-0.1, -0.05) is 48.5 Å². The lowest BCUT2D eigenvalue weighted by Gasteiger charge is -2.11. The lowest BCUT2D eigenvalue weighted by atomic mass is 9.93. The number of hydrogen-bond donors (Lipinski definition) is 2. The fraction of sp³-hybridized carbons (Fsp3) is 0. The minimum atomic E-state index is -1.17. The number of carbonyl (C=O) groups excluding carboxylic acids is 1. The van der Waals surface area contributed by atoms with E-state index in [0.717, 1.165) is 16.3 Å². The molecule has 3 N–H and O–H groups in total. The van der Waals surface area contributed by atoms with Crippen LogP contribution in [0.15, 0.2) is 60.7 Å². The molecule has 4 nitrogen and oxygen atoms in total. The van der Waals surface area contributed by atoms with Crippen molar-refractivity contribution in [1.29, 1.82) is 0 Å². The molecular formula is C18H13NO3. The van der Waals surface area contributed by atoms with Crippen LogP contribution in [-0.2, 0) is 0 Å².